The molecular formula is C16H26N4O3S2. The maximum Gasteiger partial charge on any atom is 0.309 e. The topological polar surface area (TPSA) is 84.4 Å². The number of aromatic nitrogens is 2. The smallest absolute Gasteiger partial charge is 0.309 e. The van der Waals surface area contributed by atoms with Gasteiger partial charge in [-0.2, -0.15) is 0 Å². The second-order valence-electron chi connectivity index (χ2n) is 6.28. The average Bonchev–Trinajstić information content (AvgIpc) is 3.00. The average molecular weight is 387 g/mol. The van der Waals surface area contributed by atoms with Crippen molar-refractivity contribution in [3.8, 4) is 0 Å². The van der Waals surface area contributed by atoms with Gasteiger partial charge in [-0.1, -0.05) is 23.1 Å². The van der Waals surface area contributed by atoms with Gasteiger partial charge in [0.05, 0.1) is 17.8 Å². The van der Waals surface area contributed by atoms with Crippen molar-refractivity contribution in [2.75, 3.05) is 25.0 Å². The molecule has 2 rings (SSSR count). The number of piperidine rings is 1. The predicted octanol–water partition coefficient (Wildman–Crippen LogP) is 2.64. The highest BCUT2D eigenvalue weighted by molar-refractivity contribution is 8.02. The zero-order chi connectivity index (χ0) is 18.4. The van der Waals surface area contributed by atoms with Crippen molar-refractivity contribution >= 4 is 40.1 Å². The van der Waals surface area contributed by atoms with Gasteiger partial charge < -0.3 is 15.0 Å². The zero-order valence-electron chi connectivity index (χ0n) is 15.2. The van der Waals surface area contributed by atoms with Crippen LogP contribution in [0.15, 0.2) is 4.34 Å². The summed E-state index contributed by atoms with van der Waals surface area (Å²) in [5.41, 5.74) is 0. The largest absolute Gasteiger partial charge is 0.466 e. The van der Waals surface area contributed by atoms with Gasteiger partial charge in [0.15, 0.2) is 4.34 Å². The van der Waals surface area contributed by atoms with Gasteiger partial charge in [-0.15, -0.1) is 10.2 Å². The van der Waals surface area contributed by atoms with E-state index in [4.69, 9.17) is 4.74 Å². The summed E-state index contributed by atoms with van der Waals surface area (Å²) in [6.45, 7) is 9.39. The third kappa shape index (κ3) is 5.85. The fourth-order valence-corrected chi connectivity index (χ4v) is 4.74. The number of ether oxygens (including phenoxy) is 1. The molecule has 1 aliphatic rings. The summed E-state index contributed by atoms with van der Waals surface area (Å²) in [6, 6.07) is 0.297. The molecule has 1 N–H and O–H groups in total. The number of thioether (sulfide) groups is 1. The van der Waals surface area contributed by atoms with E-state index in [-0.39, 0.29) is 23.0 Å². The van der Waals surface area contributed by atoms with Crippen LogP contribution in [0.25, 0.3) is 0 Å². The van der Waals surface area contributed by atoms with Crippen LogP contribution in [0, 0.1) is 5.92 Å². The van der Waals surface area contributed by atoms with E-state index in [0.717, 1.165) is 9.47 Å². The molecule has 1 unspecified atom stereocenters. The van der Waals surface area contributed by atoms with E-state index >= 15 is 0 Å². The standard InChI is InChI=1S/C16H26N4O3S2/c1-5-23-14(22)12-6-8-20(9-7-12)13(21)11(4)24-16-19-18-15(25-16)17-10(2)3/h10-12H,5-9H2,1-4H3,(H,17,18). The Kier molecular flexibility index (Phi) is 7.49. The number of anilines is 1. The summed E-state index contributed by atoms with van der Waals surface area (Å²) in [7, 11) is 0. The molecule has 0 spiro atoms. The van der Waals surface area contributed by atoms with Crippen LogP contribution in [0.3, 0.4) is 0 Å². The molecule has 1 aromatic rings. The second kappa shape index (κ2) is 9.38. The number of carbonyl (C=O) groups excluding carboxylic acids is 2. The van der Waals surface area contributed by atoms with E-state index < -0.39 is 0 Å². The maximum atomic E-state index is 12.6. The minimum Gasteiger partial charge on any atom is -0.466 e. The highest BCUT2D eigenvalue weighted by atomic mass is 32.2. The summed E-state index contributed by atoms with van der Waals surface area (Å²) in [4.78, 5) is 26.2. The van der Waals surface area contributed by atoms with Crippen molar-refractivity contribution in [1.29, 1.82) is 0 Å². The Morgan fingerprint density at radius 3 is 2.60 bits per heavy atom. The summed E-state index contributed by atoms with van der Waals surface area (Å²) >= 11 is 2.89. The van der Waals surface area contributed by atoms with Crippen molar-refractivity contribution in [1.82, 2.24) is 15.1 Å². The van der Waals surface area contributed by atoms with Crippen LogP contribution >= 0.6 is 23.1 Å². The Hall–Kier alpha value is -1.35. The Bertz CT molecular complexity index is 586. The molecule has 7 nitrogen and oxygen atoms in total. The van der Waals surface area contributed by atoms with Crippen molar-refractivity contribution in [2.24, 2.45) is 5.92 Å². The predicted molar refractivity (Wildman–Crippen MR) is 99.9 cm³/mol. The molecule has 1 saturated heterocycles. The first-order valence-electron chi connectivity index (χ1n) is 8.62. The number of hydrogen-bond donors (Lipinski definition) is 1. The Morgan fingerprint density at radius 2 is 2.00 bits per heavy atom. The molecule has 25 heavy (non-hydrogen) atoms. The van der Waals surface area contributed by atoms with Gasteiger partial charge in [0.2, 0.25) is 11.0 Å². The molecule has 9 heteroatoms. The normalized spacial score (nSPS) is 16.8. The quantitative estimate of drug-likeness (QED) is 0.569. The summed E-state index contributed by atoms with van der Waals surface area (Å²) in [5, 5.41) is 12.0. The number of likely N-dealkylation sites (tertiary alicyclic amines) is 1. The van der Waals surface area contributed by atoms with Crippen molar-refractivity contribution in [3.63, 3.8) is 0 Å². The first-order chi connectivity index (χ1) is 11.9. The first kappa shape index (κ1) is 20.0. The lowest BCUT2D eigenvalue weighted by atomic mass is 9.97. The minimum atomic E-state index is -0.223. The van der Waals surface area contributed by atoms with Gasteiger partial charge in [-0.05, 0) is 40.5 Å². The zero-order valence-corrected chi connectivity index (χ0v) is 16.8. The van der Waals surface area contributed by atoms with Crippen LogP contribution in [0.1, 0.15) is 40.5 Å². The van der Waals surface area contributed by atoms with Gasteiger partial charge in [0.25, 0.3) is 0 Å². The van der Waals surface area contributed by atoms with Crippen LogP contribution in [0.5, 0.6) is 0 Å². The van der Waals surface area contributed by atoms with E-state index in [1.807, 2.05) is 32.6 Å². The number of carbonyl (C=O) groups is 2. The van der Waals surface area contributed by atoms with Gasteiger partial charge in [-0.3, -0.25) is 9.59 Å². The number of esters is 1. The molecule has 1 aromatic heterocycles. The number of hydrogen-bond acceptors (Lipinski definition) is 8. The van der Waals surface area contributed by atoms with Crippen molar-refractivity contribution in [3.05, 3.63) is 0 Å². The molecule has 0 bridgehead atoms. The number of rotatable bonds is 7. The highest BCUT2D eigenvalue weighted by Crippen LogP contribution is 2.30. The van der Waals surface area contributed by atoms with Gasteiger partial charge >= 0.3 is 5.97 Å². The molecular weight excluding hydrogens is 360 g/mol. The molecule has 0 radical (unpaired) electrons. The van der Waals surface area contributed by atoms with E-state index in [1.54, 1.807) is 0 Å². The lowest BCUT2D eigenvalue weighted by Crippen LogP contribution is -2.43. The Morgan fingerprint density at radius 1 is 1.32 bits per heavy atom. The maximum absolute atomic E-state index is 12.6. The molecule has 140 valence electrons. The van der Waals surface area contributed by atoms with Gasteiger partial charge in [-0.25, -0.2) is 0 Å². The molecule has 1 amide bonds. The summed E-state index contributed by atoms with van der Waals surface area (Å²) < 4.78 is 5.85. The van der Waals surface area contributed by atoms with Crippen LogP contribution in [0.4, 0.5) is 5.13 Å². The molecule has 1 aliphatic heterocycles. The van der Waals surface area contributed by atoms with E-state index in [1.165, 1.54) is 23.1 Å². The second-order valence-corrected chi connectivity index (χ2v) is 8.85. The molecule has 0 aromatic carbocycles. The number of nitrogens with zero attached hydrogens (tertiary/aromatic N) is 3. The van der Waals surface area contributed by atoms with E-state index in [9.17, 15) is 9.59 Å². The number of amides is 1. The third-order valence-electron chi connectivity index (χ3n) is 3.87. The molecule has 1 fully saturated rings. The van der Waals surface area contributed by atoms with Gasteiger partial charge in [0.1, 0.15) is 0 Å². The fraction of sp³-hybridized carbons (Fsp3) is 0.750. The molecule has 1 atom stereocenters. The molecule has 0 aliphatic carbocycles. The first-order valence-corrected chi connectivity index (χ1v) is 10.3. The van der Waals surface area contributed by atoms with E-state index in [2.05, 4.69) is 15.5 Å². The Labute approximate surface area is 156 Å². The lowest BCUT2D eigenvalue weighted by Gasteiger charge is -2.32. The van der Waals surface area contributed by atoms with Crippen LogP contribution in [-0.2, 0) is 14.3 Å². The molecule has 2 heterocycles. The van der Waals surface area contributed by atoms with Crippen LogP contribution in [0.2, 0.25) is 0 Å². The summed E-state index contributed by atoms with van der Waals surface area (Å²) in [5.74, 6) is -0.142. The van der Waals surface area contributed by atoms with Crippen LogP contribution in [-0.4, -0.2) is 58.0 Å². The van der Waals surface area contributed by atoms with Crippen molar-refractivity contribution < 1.29 is 14.3 Å². The van der Waals surface area contributed by atoms with Gasteiger partial charge in [0, 0.05) is 19.1 Å². The lowest BCUT2D eigenvalue weighted by molar-refractivity contribution is -0.151. The van der Waals surface area contributed by atoms with Crippen molar-refractivity contribution in [2.45, 2.75) is 56.2 Å². The third-order valence-corrected chi connectivity index (χ3v) is 5.90. The highest BCUT2D eigenvalue weighted by Gasteiger charge is 2.30. The van der Waals surface area contributed by atoms with E-state index in [0.29, 0.717) is 38.6 Å². The SMILES string of the molecule is CCOC(=O)C1CCN(C(=O)C(C)Sc2nnc(NC(C)C)s2)CC1. The van der Waals surface area contributed by atoms with Crippen LogP contribution < -0.4 is 5.32 Å². The molecule has 0 saturated carbocycles. The fourth-order valence-electron chi connectivity index (χ4n) is 2.62. The monoisotopic (exact) mass is 386 g/mol. The Balaban J connectivity index is 1.82. The summed E-state index contributed by atoms with van der Waals surface area (Å²) in [6.07, 6.45) is 1.34. The number of nitrogens with one attached hydrogen (secondary N) is 1. The minimum absolute atomic E-state index is 0.0835.